The van der Waals surface area contributed by atoms with Crippen molar-refractivity contribution in [2.24, 2.45) is 0 Å². The normalized spacial score (nSPS) is 11.6. The lowest BCUT2D eigenvalue weighted by molar-refractivity contribution is 0.0480. The second-order valence-corrected chi connectivity index (χ2v) is 12.6. The minimum atomic E-state index is -0.501. The van der Waals surface area contributed by atoms with Crippen molar-refractivity contribution in [3.05, 3.63) is 75.9 Å². The van der Waals surface area contributed by atoms with Crippen LogP contribution in [0.2, 0.25) is 0 Å². The van der Waals surface area contributed by atoms with Crippen LogP contribution >= 0.6 is 0 Å². The Morgan fingerprint density at radius 3 is 1.80 bits per heavy atom. The summed E-state index contributed by atoms with van der Waals surface area (Å²) in [5.41, 5.74) is -0.116. The standard InChI is InChI=1S/C40H61NO5/c1-3-5-7-9-11-12-13-14-15-17-22-32-41-39(43)37-30-28-34(29-31-38(37)42)40(44)45-33-23-27-36(24-19-16-10-8-6-4-2)46-35-25-20-18-21-26-35/h18,20-21,25-26,28-31,36H,3-17,19,22-24,27,32-33H2,1-2H3,(H,41,43). The summed E-state index contributed by atoms with van der Waals surface area (Å²) in [4.78, 5) is 38.0. The first-order chi connectivity index (χ1) is 22.5. The van der Waals surface area contributed by atoms with Gasteiger partial charge in [-0.1, -0.05) is 128 Å². The summed E-state index contributed by atoms with van der Waals surface area (Å²) in [6.07, 6.45) is 23.6. The zero-order valence-corrected chi connectivity index (χ0v) is 28.9. The number of unbranched alkanes of at least 4 members (excludes halogenated alkanes) is 15. The average molecular weight is 636 g/mol. The fourth-order valence-corrected chi connectivity index (χ4v) is 5.64. The highest BCUT2D eigenvalue weighted by Gasteiger charge is 2.14. The molecule has 0 bridgehead atoms. The summed E-state index contributed by atoms with van der Waals surface area (Å²) in [7, 11) is 0. The van der Waals surface area contributed by atoms with Crippen molar-refractivity contribution in [2.45, 2.75) is 148 Å². The summed E-state index contributed by atoms with van der Waals surface area (Å²) < 4.78 is 11.8. The van der Waals surface area contributed by atoms with Gasteiger partial charge in [-0.25, -0.2) is 4.79 Å². The Morgan fingerprint density at radius 2 is 1.17 bits per heavy atom. The molecule has 6 nitrogen and oxygen atoms in total. The molecule has 1 amide bonds. The van der Waals surface area contributed by atoms with E-state index >= 15 is 0 Å². The van der Waals surface area contributed by atoms with Gasteiger partial charge in [-0.05, 0) is 68.5 Å². The van der Waals surface area contributed by atoms with E-state index in [9.17, 15) is 14.4 Å². The number of carbonyl (C=O) groups is 2. The van der Waals surface area contributed by atoms with Crippen molar-refractivity contribution in [3.8, 4) is 5.75 Å². The maximum Gasteiger partial charge on any atom is 0.338 e. The van der Waals surface area contributed by atoms with E-state index in [1.807, 2.05) is 30.3 Å². The second kappa shape index (κ2) is 26.0. The number of hydrogen-bond acceptors (Lipinski definition) is 5. The highest BCUT2D eigenvalue weighted by molar-refractivity contribution is 5.95. The molecule has 1 atom stereocenters. The molecule has 0 aliphatic heterocycles. The van der Waals surface area contributed by atoms with E-state index in [2.05, 4.69) is 19.2 Å². The lowest BCUT2D eigenvalue weighted by Gasteiger charge is -2.19. The van der Waals surface area contributed by atoms with E-state index in [1.165, 1.54) is 114 Å². The van der Waals surface area contributed by atoms with E-state index in [-0.39, 0.29) is 23.8 Å². The molecular formula is C40H61NO5. The third-order valence-electron chi connectivity index (χ3n) is 8.48. The molecule has 0 fully saturated rings. The van der Waals surface area contributed by atoms with Crippen LogP contribution in [0.5, 0.6) is 5.75 Å². The summed E-state index contributed by atoms with van der Waals surface area (Å²) >= 11 is 0. The monoisotopic (exact) mass is 635 g/mol. The van der Waals surface area contributed by atoms with Crippen LogP contribution in [0.4, 0.5) is 0 Å². The van der Waals surface area contributed by atoms with Crippen molar-refractivity contribution in [1.29, 1.82) is 0 Å². The van der Waals surface area contributed by atoms with E-state index in [4.69, 9.17) is 9.47 Å². The Balaban J connectivity index is 1.71. The zero-order valence-electron chi connectivity index (χ0n) is 28.9. The predicted octanol–water partition coefficient (Wildman–Crippen LogP) is 10.2. The molecule has 0 aliphatic rings. The van der Waals surface area contributed by atoms with Crippen LogP contribution in [-0.4, -0.2) is 31.1 Å². The summed E-state index contributed by atoms with van der Waals surface area (Å²) in [6.45, 7) is 5.28. The molecular weight excluding hydrogens is 574 g/mol. The Labute approximate surface area is 279 Å². The molecule has 256 valence electrons. The fraction of sp³-hybridized carbons (Fsp3) is 0.625. The topological polar surface area (TPSA) is 81.7 Å². The van der Waals surface area contributed by atoms with Gasteiger partial charge in [-0.15, -0.1) is 0 Å². The minimum Gasteiger partial charge on any atom is -0.490 e. The van der Waals surface area contributed by atoms with Crippen LogP contribution in [0.25, 0.3) is 0 Å². The molecule has 0 heterocycles. The number of benzene rings is 1. The highest BCUT2D eigenvalue weighted by atomic mass is 16.5. The van der Waals surface area contributed by atoms with E-state index in [0.717, 1.165) is 37.9 Å². The van der Waals surface area contributed by atoms with Gasteiger partial charge in [0.05, 0.1) is 23.8 Å². The van der Waals surface area contributed by atoms with Crippen molar-refractivity contribution in [2.75, 3.05) is 13.2 Å². The number of nitrogens with one attached hydrogen (secondary N) is 1. The zero-order chi connectivity index (χ0) is 33.1. The van der Waals surface area contributed by atoms with Crippen LogP contribution in [-0.2, 0) is 4.74 Å². The minimum absolute atomic E-state index is 0.0396. The van der Waals surface area contributed by atoms with Gasteiger partial charge in [0.1, 0.15) is 5.75 Å². The van der Waals surface area contributed by atoms with Gasteiger partial charge in [0.25, 0.3) is 5.91 Å². The van der Waals surface area contributed by atoms with Crippen molar-refractivity contribution in [1.82, 2.24) is 5.32 Å². The van der Waals surface area contributed by atoms with Gasteiger partial charge < -0.3 is 14.8 Å². The Kier molecular flexibility index (Phi) is 22.0. The summed E-state index contributed by atoms with van der Waals surface area (Å²) in [5.74, 6) is -0.0406. The van der Waals surface area contributed by atoms with Crippen LogP contribution < -0.4 is 15.5 Å². The molecule has 0 radical (unpaired) electrons. The Hall–Kier alpha value is -3.15. The molecule has 0 saturated heterocycles. The van der Waals surface area contributed by atoms with Crippen molar-refractivity contribution >= 4 is 11.9 Å². The predicted molar refractivity (Wildman–Crippen MR) is 190 cm³/mol. The van der Waals surface area contributed by atoms with Gasteiger partial charge in [0.15, 0.2) is 5.43 Å². The van der Waals surface area contributed by atoms with Gasteiger partial charge in [-0.2, -0.15) is 0 Å². The molecule has 0 spiro atoms. The number of carbonyl (C=O) groups excluding carboxylic acids is 2. The van der Waals surface area contributed by atoms with E-state index in [0.29, 0.717) is 13.0 Å². The molecule has 46 heavy (non-hydrogen) atoms. The summed E-state index contributed by atoms with van der Waals surface area (Å²) in [5, 5.41) is 2.86. The smallest absolute Gasteiger partial charge is 0.338 e. The Morgan fingerprint density at radius 1 is 0.630 bits per heavy atom. The van der Waals surface area contributed by atoms with Gasteiger partial charge in [-0.3, -0.25) is 9.59 Å². The molecule has 1 N–H and O–H groups in total. The molecule has 0 aromatic heterocycles. The second-order valence-electron chi connectivity index (χ2n) is 12.6. The first-order valence-corrected chi connectivity index (χ1v) is 18.4. The number of rotatable bonds is 27. The maximum absolute atomic E-state index is 12.8. The molecule has 1 unspecified atom stereocenters. The first kappa shape index (κ1) is 39.0. The largest absolute Gasteiger partial charge is 0.490 e. The van der Waals surface area contributed by atoms with Crippen LogP contribution in [0.3, 0.4) is 0 Å². The third kappa shape index (κ3) is 18.1. The summed E-state index contributed by atoms with van der Waals surface area (Å²) in [6, 6.07) is 15.5. The van der Waals surface area contributed by atoms with Crippen molar-refractivity contribution in [3.63, 3.8) is 0 Å². The molecule has 0 aliphatic carbocycles. The number of hydrogen-bond donors (Lipinski definition) is 1. The number of ether oxygens (including phenoxy) is 2. The lowest BCUT2D eigenvalue weighted by atomic mass is 10.0. The molecule has 2 aromatic carbocycles. The highest BCUT2D eigenvalue weighted by Crippen LogP contribution is 2.19. The lowest BCUT2D eigenvalue weighted by Crippen LogP contribution is -2.28. The number of esters is 1. The SMILES string of the molecule is CCCCCCCCCCCCCNC(=O)c1ccc(C(=O)OCCCC(CCCCCCCC)Oc2ccccc2)ccc1=O. The van der Waals surface area contributed by atoms with Gasteiger partial charge >= 0.3 is 5.97 Å². The molecule has 6 heteroatoms. The molecule has 2 rings (SSSR count). The van der Waals surface area contributed by atoms with E-state index in [1.54, 1.807) is 0 Å². The van der Waals surface area contributed by atoms with Crippen LogP contribution in [0, 0.1) is 0 Å². The number of para-hydroxylation sites is 1. The van der Waals surface area contributed by atoms with Gasteiger partial charge in [0, 0.05) is 6.54 Å². The average Bonchev–Trinajstić information content (AvgIpc) is 3.26. The molecule has 2 aromatic rings. The fourth-order valence-electron chi connectivity index (χ4n) is 5.64. The van der Waals surface area contributed by atoms with Crippen molar-refractivity contribution < 1.29 is 19.1 Å². The molecule has 0 saturated carbocycles. The Bertz CT molecular complexity index is 1140. The van der Waals surface area contributed by atoms with Crippen LogP contribution in [0.15, 0.2) is 59.4 Å². The quantitative estimate of drug-likeness (QED) is 0.0780. The maximum atomic E-state index is 12.8. The van der Waals surface area contributed by atoms with Crippen LogP contribution in [0.1, 0.15) is 163 Å². The number of amides is 1. The van der Waals surface area contributed by atoms with E-state index < -0.39 is 17.3 Å². The first-order valence-electron chi connectivity index (χ1n) is 18.4. The van der Waals surface area contributed by atoms with Gasteiger partial charge in [0.2, 0.25) is 0 Å². The third-order valence-corrected chi connectivity index (χ3v) is 8.48.